The van der Waals surface area contributed by atoms with Crippen molar-refractivity contribution < 1.29 is 42.3 Å². The molecule has 2 saturated heterocycles. The molecular formula is C44H48F3N7O6S. The number of pyridine rings is 1. The number of aromatic nitrogens is 2. The van der Waals surface area contributed by atoms with Crippen LogP contribution >= 0.6 is 11.3 Å². The van der Waals surface area contributed by atoms with Crippen molar-refractivity contribution in [2.45, 2.75) is 95.4 Å². The second-order valence-electron chi connectivity index (χ2n) is 17.2. The number of amides is 5. The van der Waals surface area contributed by atoms with E-state index in [1.165, 1.54) is 17.4 Å². The highest BCUT2D eigenvalue weighted by atomic mass is 32.1. The van der Waals surface area contributed by atoms with Gasteiger partial charge in [0, 0.05) is 42.4 Å². The third-order valence-electron chi connectivity index (χ3n) is 12.5. The van der Waals surface area contributed by atoms with Gasteiger partial charge in [0.1, 0.15) is 17.4 Å². The summed E-state index contributed by atoms with van der Waals surface area (Å²) in [4.78, 5) is 75.9. The van der Waals surface area contributed by atoms with Gasteiger partial charge in [0.15, 0.2) is 0 Å². The molecule has 0 spiro atoms. The molecule has 17 heteroatoms. The van der Waals surface area contributed by atoms with Gasteiger partial charge in [-0.25, -0.2) is 9.97 Å². The Morgan fingerprint density at radius 2 is 1.64 bits per heavy atom. The van der Waals surface area contributed by atoms with Crippen LogP contribution < -0.4 is 16.0 Å². The molecule has 0 bridgehead atoms. The van der Waals surface area contributed by atoms with Crippen LogP contribution in [0.25, 0.3) is 10.2 Å². The normalized spacial score (nSPS) is 21.8. The number of likely N-dealkylation sites (tertiary alicyclic amines) is 1. The highest BCUT2D eigenvalue weighted by Crippen LogP contribution is 2.42. The zero-order valence-electron chi connectivity index (χ0n) is 33.9. The molecule has 13 nitrogen and oxygen atoms in total. The number of hydrogen-bond acceptors (Lipinski definition) is 11. The van der Waals surface area contributed by atoms with Gasteiger partial charge in [0.05, 0.1) is 32.0 Å². The minimum atomic E-state index is -4.69. The molecule has 322 valence electrons. The van der Waals surface area contributed by atoms with Crippen molar-refractivity contribution in [1.82, 2.24) is 25.1 Å². The fraction of sp³-hybridized carbons (Fsp3) is 0.477. The summed E-state index contributed by atoms with van der Waals surface area (Å²) >= 11 is 1.54. The first-order valence-electron chi connectivity index (χ1n) is 20.9. The monoisotopic (exact) mass is 859 g/mol. The first-order chi connectivity index (χ1) is 29.0. The van der Waals surface area contributed by atoms with E-state index in [9.17, 15) is 42.3 Å². The standard InChI is InChI=1S/C44H48F3N7O6S/c1-43(2,60)28-21-32-34(22-31(28)50-38(56)30-7-4-8-35(49-30)44(45,46)47)61-40(51-32)26-11-9-25(10-12-26)23-53-19-16-24(17-20-53)15-18-48-29-6-3-5-27-37(29)42(59)54(41(27)58)33-13-14-36(55)52-39(33)57/h3-8,21-22,24-26,33,48,60H,9-20,23H2,1-2H3,(H,50,56)(H,52,55,57). The van der Waals surface area contributed by atoms with Crippen LogP contribution in [0.1, 0.15) is 125 Å². The number of thiazole rings is 1. The lowest BCUT2D eigenvalue weighted by molar-refractivity contribution is -0.141. The summed E-state index contributed by atoms with van der Waals surface area (Å²) in [5, 5.41) is 20.3. The van der Waals surface area contributed by atoms with Gasteiger partial charge >= 0.3 is 6.18 Å². The number of aliphatic hydroxyl groups is 1. The Balaban J connectivity index is 0.811. The van der Waals surface area contributed by atoms with Crippen LogP contribution in [-0.2, 0) is 21.4 Å². The fourth-order valence-corrected chi connectivity index (χ4v) is 10.3. The van der Waals surface area contributed by atoms with Crippen LogP contribution in [-0.4, -0.2) is 86.6 Å². The zero-order valence-corrected chi connectivity index (χ0v) is 34.8. The van der Waals surface area contributed by atoms with Gasteiger partial charge in [-0.2, -0.15) is 13.2 Å². The van der Waals surface area contributed by atoms with Gasteiger partial charge in [0.25, 0.3) is 17.7 Å². The van der Waals surface area contributed by atoms with Gasteiger partial charge in [-0.15, -0.1) is 11.3 Å². The summed E-state index contributed by atoms with van der Waals surface area (Å²) in [7, 11) is 0. The molecule has 4 N–H and O–H groups in total. The summed E-state index contributed by atoms with van der Waals surface area (Å²) in [6.45, 7) is 6.88. The van der Waals surface area contributed by atoms with E-state index in [0.717, 1.165) is 91.3 Å². The molecule has 5 heterocycles. The average molecular weight is 860 g/mol. The zero-order chi connectivity index (χ0) is 43.2. The molecule has 1 aliphatic carbocycles. The summed E-state index contributed by atoms with van der Waals surface area (Å²) in [5.41, 5.74) is -0.423. The van der Waals surface area contributed by atoms with Crippen molar-refractivity contribution in [3.05, 3.63) is 81.6 Å². The van der Waals surface area contributed by atoms with E-state index in [4.69, 9.17) is 4.98 Å². The molecule has 1 atom stereocenters. The minimum absolute atomic E-state index is 0.0709. The van der Waals surface area contributed by atoms with Crippen LogP contribution in [0.5, 0.6) is 0 Å². The van der Waals surface area contributed by atoms with Crippen LogP contribution in [0.2, 0.25) is 0 Å². The van der Waals surface area contributed by atoms with Gasteiger partial charge in [-0.3, -0.25) is 34.2 Å². The lowest BCUT2D eigenvalue weighted by atomic mass is 9.81. The van der Waals surface area contributed by atoms with Crippen LogP contribution in [0, 0.1) is 11.8 Å². The van der Waals surface area contributed by atoms with E-state index in [1.807, 2.05) is 0 Å². The Morgan fingerprint density at radius 3 is 2.34 bits per heavy atom. The van der Waals surface area contributed by atoms with Crippen molar-refractivity contribution in [3.63, 3.8) is 0 Å². The molecule has 2 aromatic carbocycles. The quantitative estimate of drug-likeness (QED) is 0.114. The highest BCUT2D eigenvalue weighted by molar-refractivity contribution is 7.18. The summed E-state index contributed by atoms with van der Waals surface area (Å²) < 4.78 is 40.6. The largest absolute Gasteiger partial charge is 0.433 e. The van der Waals surface area contributed by atoms with E-state index >= 15 is 0 Å². The number of alkyl halides is 3. The maximum absolute atomic E-state index is 13.4. The van der Waals surface area contributed by atoms with Crippen LogP contribution in [0.15, 0.2) is 48.5 Å². The van der Waals surface area contributed by atoms with Gasteiger partial charge in [0.2, 0.25) is 11.8 Å². The Labute approximate surface area is 354 Å². The predicted octanol–water partition coefficient (Wildman–Crippen LogP) is 7.08. The minimum Gasteiger partial charge on any atom is -0.386 e. The number of rotatable bonds is 11. The number of carbonyl (C=O) groups is 5. The number of nitrogens with one attached hydrogen (secondary N) is 3. The maximum Gasteiger partial charge on any atom is 0.433 e. The van der Waals surface area contributed by atoms with E-state index in [0.29, 0.717) is 35.1 Å². The summed E-state index contributed by atoms with van der Waals surface area (Å²) in [6.07, 6.45) is 2.70. The third-order valence-corrected chi connectivity index (χ3v) is 13.7. The van der Waals surface area contributed by atoms with Crippen LogP contribution in [0.4, 0.5) is 24.5 Å². The van der Waals surface area contributed by atoms with Crippen molar-refractivity contribution in [1.29, 1.82) is 0 Å². The highest BCUT2D eigenvalue weighted by Gasteiger charge is 2.45. The second-order valence-corrected chi connectivity index (χ2v) is 18.3. The number of imide groups is 2. The molecule has 8 rings (SSSR count). The Morgan fingerprint density at radius 1 is 0.902 bits per heavy atom. The molecule has 1 unspecified atom stereocenters. The molecule has 4 aliphatic rings. The Kier molecular flexibility index (Phi) is 11.8. The number of fused-ring (bicyclic) bond motifs is 2. The van der Waals surface area contributed by atoms with Crippen molar-refractivity contribution in [2.75, 3.05) is 36.8 Å². The number of halogens is 3. The maximum atomic E-state index is 13.4. The SMILES string of the molecule is CC(C)(O)c1cc2nc(C3CCC(CN4CCC(CCNc5cccc6c5C(=O)N(C5CCC(=O)NC5=O)C6=O)CC4)CC3)sc2cc1NC(=O)c1cccc(C(F)(F)F)n1. The first-order valence-corrected chi connectivity index (χ1v) is 21.7. The van der Waals surface area contributed by atoms with E-state index < -0.39 is 53.0 Å². The van der Waals surface area contributed by atoms with Crippen molar-refractivity contribution >= 4 is 62.5 Å². The van der Waals surface area contributed by atoms with E-state index in [-0.39, 0.29) is 41.3 Å². The fourth-order valence-electron chi connectivity index (χ4n) is 9.17. The van der Waals surface area contributed by atoms with Crippen molar-refractivity contribution in [2.24, 2.45) is 11.8 Å². The molecular weight excluding hydrogens is 812 g/mol. The van der Waals surface area contributed by atoms with E-state index in [1.54, 1.807) is 44.2 Å². The molecule has 3 fully saturated rings. The smallest absolute Gasteiger partial charge is 0.386 e. The molecule has 0 radical (unpaired) electrons. The Hall–Kier alpha value is -5.26. The van der Waals surface area contributed by atoms with Gasteiger partial charge < -0.3 is 20.6 Å². The molecule has 2 aromatic heterocycles. The van der Waals surface area contributed by atoms with Crippen molar-refractivity contribution in [3.8, 4) is 0 Å². The Bertz CT molecular complexity index is 2380. The topological polar surface area (TPSA) is 174 Å². The number of carbonyl (C=O) groups excluding carboxylic acids is 5. The number of benzene rings is 2. The van der Waals surface area contributed by atoms with Gasteiger partial charge in [-0.1, -0.05) is 12.1 Å². The number of piperidine rings is 2. The molecule has 1 saturated carbocycles. The predicted molar refractivity (Wildman–Crippen MR) is 222 cm³/mol. The number of hydrogen-bond donors (Lipinski definition) is 4. The molecule has 4 aromatic rings. The molecule has 5 amide bonds. The third kappa shape index (κ3) is 9.05. The molecule has 61 heavy (non-hydrogen) atoms. The first kappa shape index (κ1) is 42.4. The van der Waals surface area contributed by atoms with Gasteiger partial charge in [-0.05, 0) is 127 Å². The number of anilines is 2. The second kappa shape index (κ2) is 16.9. The summed E-state index contributed by atoms with van der Waals surface area (Å²) in [6, 6.07) is 10.7. The van der Waals surface area contributed by atoms with Crippen LogP contribution in [0.3, 0.4) is 0 Å². The van der Waals surface area contributed by atoms with E-state index in [2.05, 4.69) is 25.8 Å². The summed E-state index contributed by atoms with van der Waals surface area (Å²) in [5.74, 6) is -1.50. The lowest BCUT2D eigenvalue weighted by Gasteiger charge is -2.36. The number of nitrogens with zero attached hydrogens (tertiary/aromatic N) is 4. The molecule has 3 aliphatic heterocycles. The average Bonchev–Trinajstić information content (AvgIpc) is 3.75. The lowest BCUT2D eigenvalue weighted by Crippen LogP contribution is -2.54.